The van der Waals surface area contributed by atoms with Crippen LogP contribution in [0.25, 0.3) is 0 Å². The maximum absolute atomic E-state index is 10.9. The van der Waals surface area contributed by atoms with Crippen LogP contribution in [-0.4, -0.2) is 49.0 Å². The standard InChI is InChI=1S/C11H22O4S/c1-9(2)10(11(12)13)16-8-4-5-15-7-6-14-3/h9-10H,4-8H2,1-3H3,(H,12,13). The number of aliphatic carboxylic acids is 1. The first kappa shape index (κ1) is 15.7. The van der Waals surface area contributed by atoms with Crippen LogP contribution in [0.5, 0.6) is 0 Å². The van der Waals surface area contributed by atoms with Gasteiger partial charge < -0.3 is 14.6 Å². The molecule has 0 aromatic heterocycles. The SMILES string of the molecule is COCCOCCCSC(C(=O)O)C(C)C. The lowest BCUT2D eigenvalue weighted by molar-refractivity contribution is -0.137. The summed E-state index contributed by atoms with van der Waals surface area (Å²) in [6, 6.07) is 0. The summed E-state index contributed by atoms with van der Waals surface area (Å²) in [5.74, 6) is 0.263. The van der Waals surface area contributed by atoms with Crippen LogP contribution in [0.4, 0.5) is 0 Å². The first-order valence-corrected chi connectivity index (χ1v) is 6.55. The summed E-state index contributed by atoms with van der Waals surface area (Å²) < 4.78 is 10.1. The molecule has 0 radical (unpaired) electrons. The molecule has 0 aliphatic carbocycles. The molecule has 0 saturated carbocycles. The van der Waals surface area contributed by atoms with Crippen LogP contribution in [0.1, 0.15) is 20.3 Å². The molecule has 1 atom stereocenters. The van der Waals surface area contributed by atoms with E-state index in [1.54, 1.807) is 7.11 Å². The highest BCUT2D eigenvalue weighted by atomic mass is 32.2. The van der Waals surface area contributed by atoms with E-state index in [1.807, 2.05) is 13.8 Å². The Labute approximate surface area is 102 Å². The van der Waals surface area contributed by atoms with Crippen LogP contribution in [0.3, 0.4) is 0 Å². The number of hydrogen-bond donors (Lipinski definition) is 1. The summed E-state index contributed by atoms with van der Waals surface area (Å²) in [6.07, 6.45) is 0.880. The topological polar surface area (TPSA) is 55.8 Å². The first-order chi connectivity index (χ1) is 7.59. The van der Waals surface area contributed by atoms with E-state index in [1.165, 1.54) is 11.8 Å². The van der Waals surface area contributed by atoms with Crippen molar-refractivity contribution in [2.24, 2.45) is 5.92 Å². The van der Waals surface area contributed by atoms with Crippen molar-refractivity contribution in [2.45, 2.75) is 25.5 Å². The van der Waals surface area contributed by atoms with Crippen molar-refractivity contribution < 1.29 is 19.4 Å². The van der Waals surface area contributed by atoms with E-state index in [9.17, 15) is 4.79 Å². The van der Waals surface area contributed by atoms with Crippen LogP contribution in [-0.2, 0) is 14.3 Å². The van der Waals surface area contributed by atoms with Gasteiger partial charge in [0, 0.05) is 13.7 Å². The minimum atomic E-state index is -0.722. The fraction of sp³-hybridized carbons (Fsp3) is 0.909. The summed E-state index contributed by atoms with van der Waals surface area (Å²) in [5.41, 5.74) is 0. The zero-order valence-electron chi connectivity index (χ0n) is 10.3. The molecular weight excluding hydrogens is 228 g/mol. The molecule has 0 aliphatic heterocycles. The number of methoxy groups -OCH3 is 1. The van der Waals surface area contributed by atoms with E-state index < -0.39 is 5.97 Å². The molecule has 0 rings (SSSR count). The van der Waals surface area contributed by atoms with Gasteiger partial charge in [-0.15, -0.1) is 11.8 Å². The highest BCUT2D eigenvalue weighted by Gasteiger charge is 2.21. The predicted octanol–water partition coefficient (Wildman–Crippen LogP) is 1.88. The zero-order chi connectivity index (χ0) is 12.4. The van der Waals surface area contributed by atoms with Crippen molar-refractivity contribution in [3.8, 4) is 0 Å². The fourth-order valence-corrected chi connectivity index (χ4v) is 2.23. The second-order valence-corrected chi connectivity index (χ2v) is 5.08. The average molecular weight is 250 g/mol. The predicted molar refractivity (Wildman–Crippen MR) is 66.0 cm³/mol. The molecule has 0 heterocycles. The first-order valence-electron chi connectivity index (χ1n) is 5.50. The molecule has 1 N–H and O–H groups in total. The lowest BCUT2D eigenvalue weighted by Crippen LogP contribution is -2.23. The molecular formula is C11H22O4S. The van der Waals surface area contributed by atoms with Crippen molar-refractivity contribution >= 4 is 17.7 Å². The van der Waals surface area contributed by atoms with Gasteiger partial charge >= 0.3 is 5.97 Å². The van der Waals surface area contributed by atoms with Gasteiger partial charge in [-0.05, 0) is 18.1 Å². The van der Waals surface area contributed by atoms with Gasteiger partial charge in [0.15, 0.2) is 0 Å². The highest BCUT2D eigenvalue weighted by molar-refractivity contribution is 8.00. The molecule has 16 heavy (non-hydrogen) atoms. The maximum Gasteiger partial charge on any atom is 0.316 e. The number of carboxylic acid groups (broad SMARTS) is 1. The summed E-state index contributed by atoms with van der Waals surface area (Å²) in [6.45, 7) is 5.74. The largest absolute Gasteiger partial charge is 0.480 e. The molecule has 0 bridgehead atoms. The average Bonchev–Trinajstić information content (AvgIpc) is 2.21. The molecule has 5 heteroatoms. The molecule has 0 saturated heterocycles. The fourth-order valence-electron chi connectivity index (χ4n) is 1.16. The molecule has 0 fully saturated rings. The Hall–Kier alpha value is -0.260. The third-order valence-electron chi connectivity index (χ3n) is 2.01. The summed E-state index contributed by atoms with van der Waals surface area (Å²) in [4.78, 5) is 10.9. The van der Waals surface area contributed by atoms with Gasteiger partial charge in [0.05, 0.1) is 13.2 Å². The second kappa shape index (κ2) is 9.93. The summed E-state index contributed by atoms with van der Waals surface area (Å²) in [5, 5.41) is 8.64. The van der Waals surface area contributed by atoms with Crippen molar-refractivity contribution in [1.29, 1.82) is 0 Å². The van der Waals surface area contributed by atoms with Gasteiger partial charge in [0.25, 0.3) is 0 Å². The van der Waals surface area contributed by atoms with Gasteiger partial charge in [-0.3, -0.25) is 4.79 Å². The third-order valence-corrected chi connectivity index (χ3v) is 3.64. The molecule has 0 aromatic rings. The van der Waals surface area contributed by atoms with Crippen LogP contribution in [0, 0.1) is 5.92 Å². The highest BCUT2D eigenvalue weighted by Crippen LogP contribution is 2.20. The Morgan fingerprint density at radius 1 is 1.31 bits per heavy atom. The van der Waals surface area contributed by atoms with Crippen molar-refractivity contribution in [1.82, 2.24) is 0 Å². The maximum atomic E-state index is 10.9. The van der Waals surface area contributed by atoms with E-state index in [0.29, 0.717) is 19.8 Å². The van der Waals surface area contributed by atoms with E-state index >= 15 is 0 Å². The number of rotatable bonds is 10. The van der Waals surface area contributed by atoms with Crippen molar-refractivity contribution in [2.75, 3.05) is 32.7 Å². The molecule has 96 valence electrons. The lowest BCUT2D eigenvalue weighted by atomic mass is 10.1. The van der Waals surface area contributed by atoms with Gasteiger partial charge in [-0.2, -0.15) is 0 Å². The molecule has 0 spiro atoms. The number of carbonyl (C=O) groups is 1. The van der Waals surface area contributed by atoms with E-state index in [4.69, 9.17) is 14.6 Å². The van der Waals surface area contributed by atoms with Crippen LogP contribution >= 0.6 is 11.8 Å². The monoisotopic (exact) mass is 250 g/mol. The van der Waals surface area contributed by atoms with E-state index in [-0.39, 0.29) is 11.2 Å². The Kier molecular flexibility index (Phi) is 9.77. The Balaban J connectivity index is 3.45. The van der Waals surface area contributed by atoms with E-state index in [0.717, 1.165) is 12.2 Å². The molecule has 1 unspecified atom stereocenters. The summed E-state index contributed by atoms with van der Waals surface area (Å²) >= 11 is 1.49. The molecule has 4 nitrogen and oxygen atoms in total. The Morgan fingerprint density at radius 2 is 2.00 bits per heavy atom. The van der Waals surface area contributed by atoms with Crippen LogP contribution < -0.4 is 0 Å². The minimum absolute atomic E-state index is 0.164. The quantitative estimate of drug-likeness (QED) is 0.600. The van der Waals surface area contributed by atoms with Gasteiger partial charge in [-0.1, -0.05) is 13.8 Å². The normalized spacial score (nSPS) is 13.0. The zero-order valence-corrected chi connectivity index (χ0v) is 11.1. The van der Waals surface area contributed by atoms with Crippen LogP contribution in [0.2, 0.25) is 0 Å². The van der Waals surface area contributed by atoms with Crippen molar-refractivity contribution in [3.63, 3.8) is 0 Å². The number of carboxylic acids is 1. The van der Waals surface area contributed by atoms with Gasteiger partial charge in [0.2, 0.25) is 0 Å². The van der Waals surface area contributed by atoms with Gasteiger partial charge in [0.1, 0.15) is 5.25 Å². The van der Waals surface area contributed by atoms with Gasteiger partial charge in [-0.25, -0.2) is 0 Å². The lowest BCUT2D eigenvalue weighted by Gasteiger charge is -2.15. The van der Waals surface area contributed by atoms with Crippen LogP contribution in [0.15, 0.2) is 0 Å². The Bertz CT molecular complexity index is 185. The summed E-state index contributed by atoms with van der Waals surface area (Å²) in [7, 11) is 1.64. The number of hydrogen-bond acceptors (Lipinski definition) is 4. The molecule has 0 amide bonds. The Morgan fingerprint density at radius 3 is 2.50 bits per heavy atom. The smallest absolute Gasteiger partial charge is 0.316 e. The van der Waals surface area contributed by atoms with E-state index in [2.05, 4.69) is 0 Å². The third kappa shape index (κ3) is 7.96. The molecule has 0 aliphatic rings. The second-order valence-electron chi connectivity index (χ2n) is 3.83. The number of thioether (sulfide) groups is 1. The van der Waals surface area contributed by atoms with Crippen molar-refractivity contribution in [3.05, 3.63) is 0 Å². The number of ether oxygens (including phenoxy) is 2. The molecule has 0 aromatic carbocycles. The minimum Gasteiger partial charge on any atom is -0.480 e.